The number of nitrogens with zero attached hydrogens (tertiary/aromatic N) is 2. The first-order valence-electron chi connectivity index (χ1n) is 4.44. The molecule has 1 unspecified atom stereocenters. The molecule has 14 heavy (non-hydrogen) atoms. The quantitative estimate of drug-likeness (QED) is 0.703. The third-order valence-electron chi connectivity index (χ3n) is 2.14. The summed E-state index contributed by atoms with van der Waals surface area (Å²) in [5, 5.41) is 9.57. The molecule has 74 valence electrons. The Morgan fingerprint density at radius 3 is 2.86 bits per heavy atom. The summed E-state index contributed by atoms with van der Waals surface area (Å²) in [5.74, 6) is 0. The van der Waals surface area contributed by atoms with Gasteiger partial charge in [-0.2, -0.15) is 0 Å². The van der Waals surface area contributed by atoms with Gasteiger partial charge in [-0.3, -0.25) is 0 Å². The third-order valence-corrected chi connectivity index (χ3v) is 2.38. The van der Waals surface area contributed by atoms with Gasteiger partial charge in [0, 0.05) is 22.9 Å². The molecule has 0 radical (unpaired) electrons. The van der Waals surface area contributed by atoms with Gasteiger partial charge < -0.3 is 9.51 Å². The second kappa shape index (κ2) is 3.29. The van der Waals surface area contributed by atoms with E-state index in [-0.39, 0.29) is 0 Å². The topological polar surface area (TPSA) is 37.5 Å². The Kier molecular flexibility index (Phi) is 2.25. The van der Waals surface area contributed by atoms with Crippen LogP contribution in [0.15, 0.2) is 23.4 Å². The molecule has 0 aliphatic carbocycles. The maximum atomic E-state index is 9.57. The average Bonchev–Trinajstić information content (AvgIpc) is 2.42. The van der Waals surface area contributed by atoms with Gasteiger partial charge in [0.15, 0.2) is 0 Å². The fraction of sp³-hybridized carbons (Fsp3) is 0.300. The number of fused-ring (bicyclic) bond motifs is 1. The summed E-state index contributed by atoms with van der Waals surface area (Å²) in [6.07, 6.45) is 3.28. The van der Waals surface area contributed by atoms with Crippen LogP contribution in [0.1, 0.15) is 24.3 Å². The van der Waals surface area contributed by atoms with E-state index >= 15 is 0 Å². The Hall–Kier alpha value is -1.00. The lowest BCUT2D eigenvalue weighted by atomic mass is 10.2. The third kappa shape index (κ3) is 1.51. The van der Waals surface area contributed by atoms with Crippen molar-refractivity contribution in [3.8, 4) is 0 Å². The molecule has 0 saturated heterocycles. The second-order valence-corrected chi connectivity index (χ2v) is 3.96. The van der Waals surface area contributed by atoms with E-state index in [2.05, 4.69) is 17.6 Å². The standard InChI is InChI=1S/C10H12N2OS/c1-6-4-12-5-8(14)3-9(7(2)13)10(12)11-6/h3-5,7,13-14H,1-2H3. The molecule has 3 nitrogen and oxygen atoms in total. The first kappa shape index (κ1) is 9.55. The van der Waals surface area contributed by atoms with Crippen LogP contribution in [0.2, 0.25) is 0 Å². The molecule has 2 rings (SSSR count). The first-order chi connectivity index (χ1) is 6.58. The number of pyridine rings is 1. The molecule has 0 spiro atoms. The summed E-state index contributed by atoms with van der Waals surface area (Å²) >= 11 is 4.27. The van der Waals surface area contributed by atoms with Crippen LogP contribution in [0.4, 0.5) is 0 Å². The lowest BCUT2D eigenvalue weighted by Crippen LogP contribution is -1.96. The monoisotopic (exact) mass is 208 g/mol. The zero-order chi connectivity index (χ0) is 10.3. The number of aryl methyl sites for hydroxylation is 1. The summed E-state index contributed by atoms with van der Waals surface area (Å²) < 4.78 is 1.89. The fourth-order valence-electron chi connectivity index (χ4n) is 1.54. The molecule has 0 amide bonds. The van der Waals surface area contributed by atoms with Crippen molar-refractivity contribution in [2.75, 3.05) is 0 Å². The highest BCUT2D eigenvalue weighted by atomic mass is 32.1. The zero-order valence-electron chi connectivity index (χ0n) is 8.10. The molecule has 0 aliphatic rings. The lowest BCUT2D eigenvalue weighted by Gasteiger charge is -2.07. The number of aliphatic hydroxyl groups is 1. The second-order valence-electron chi connectivity index (χ2n) is 3.44. The van der Waals surface area contributed by atoms with Crippen LogP contribution < -0.4 is 0 Å². The molecule has 2 aromatic rings. The van der Waals surface area contributed by atoms with Gasteiger partial charge in [-0.15, -0.1) is 12.6 Å². The average molecular weight is 208 g/mol. The van der Waals surface area contributed by atoms with E-state index in [0.29, 0.717) is 0 Å². The fourth-order valence-corrected chi connectivity index (χ4v) is 1.80. The van der Waals surface area contributed by atoms with Crippen molar-refractivity contribution < 1.29 is 5.11 Å². The van der Waals surface area contributed by atoms with Gasteiger partial charge in [-0.1, -0.05) is 0 Å². The Morgan fingerprint density at radius 2 is 2.21 bits per heavy atom. The number of hydrogen-bond donors (Lipinski definition) is 2. The molecule has 0 aromatic carbocycles. The molecule has 0 saturated carbocycles. The number of rotatable bonds is 1. The van der Waals surface area contributed by atoms with Crippen LogP contribution in [0, 0.1) is 6.92 Å². The van der Waals surface area contributed by atoms with E-state index in [1.54, 1.807) is 6.92 Å². The van der Waals surface area contributed by atoms with E-state index in [9.17, 15) is 5.11 Å². The number of thiol groups is 1. The Balaban J connectivity index is 2.79. The van der Waals surface area contributed by atoms with Gasteiger partial charge in [0.25, 0.3) is 0 Å². The lowest BCUT2D eigenvalue weighted by molar-refractivity contribution is 0.200. The minimum Gasteiger partial charge on any atom is -0.389 e. The Morgan fingerprint density at radius 1 is 1.50 bits per heavy atom. The van der Waals surface area contributed by atoms with E-state index in [1.807, 2.05) is 29.8 Å². The Bertz CT molecular complexity index is 476. The van der Waals surface area contributed by atoms with Crippen LogP contribution in [0.5, 0.6) is 0 Å². The Labute approximate surface area is 87.8 Å². The van der Waals surface area contributed by atoms with Crippen molar-refractivity contribution in [1.82, 2.24) is 9.38 Å². The highest BCUT2D eigenvalue weighted by molar-refractivity contribution is 7.80. The molecular formula is C10H12N2OS. The van der Waals surface area contributed by atoms with Gasteiger partial charge in [-0.25, -0.2) is 4.98 Å². The van der Waals surface area contributed by atoms with Crippen molar-refractivity contribution in [2.45, 2.75) is 24.8 Å². The number of aliphatic hydroxyl groups excluding tert-OH is 1. The first-order valence-corrected chi connectivity index (χ1v) is 4.89. The summed E-state index contributed by atoms with van der Waals surface area (Å²) in [6.45, 7) is 3.66. The highest BCUT2D eigenvalue weighted by Crippen LogP contribution is 2.21. The molecule has 0 aliphatic heterocycles. The minimum atomic E-state index is -0.522. The van der Waals surface area contributed by atoms with Gasteiger partial charge in [-0.05, 0) is 19.9 Å². The van der Waals surface area contributed by atoms with Crippen LogP contribution in [0.25, 0.3) is 5.65 Å². The van der Waals surface area contributed by atoms with Gasteiger partial charge >= 0.3 is 0 Å². The van der Waals surface area contributed by atoms with E-state index in [4.69, 9.17) is 0 Å². The summed E-state index contributed by atoms with van der Waals surface area (Å²) in [4.78, 5) is 5.17. The molecule has 0 bridgehead atoms. The SMILES string of the molecule is Cc1cn2cc(S)cc(C(C)O)c2n1. The van der Waals surface area contributed by atoms with Crippen LogP contribution >= 0.6 is 12.6 Å². The van der Waals surface area contributed by atoms with E-state index in [0.717, 1.165) is 21.8 Å². The van der Waals surface area contributed by atoms with Crippen molar-refractivity contribution in [3.05, 3.63) is 29.7 Å². The van der Waals surface area contributed by atoms with E-state index < -0.39 is 6.10 Å². The maximum absolute atomic E-state index is 9.57. The van der Waals surface area contributed by atoms with Crippen molar-refractivity contribution in [1.29, 1.82) is 0 Å². The zero-order valence-corrected chi connectivity index (χ0v) is 8.99. The number of aromatic nitrogens is 2. The van der Waals surface area contributed by atoms with Crippen LogP contribution in [-0.2, 0) is 0 Å². The molecule has 1 atom stereocenters. The highest BCUT2D eigenvalue weighted by Gasteiger charge is 2.09. The minimum absolute atomic E-state index is 0.522. The predicted octanol–water partition coefficient (Wildman–Crippen LogP) is 1.98. The smallest absolute Gasteiger partial charge is 0.142 e. The number of imidazole rings is 1. The molecule has 2 heterocycles. The molecule has 2 aromatic heterocycles. The summed E-state index contributed by atoms with van der Waals surface area (Å²) in [6, 6.07) is 1.84. The molecule has 0 fully saturated rings. The molecular weight excluding hydrogens is 196 g/mol. The van der Waals surface area contributed by atoms with Crippen LogP contribution in [0.3, 0.4) is 0 Å². The molecule has 1 N–H and O–H groups in total. The van der Waals surface area contributed by atoms with Crippen molar-refractivity contribution in [3.63, 3.8) is 0 Å². The maximum Gasteiger partial charge on any atom is 0.142 e. The number of hydrogen-bond acceptors (Lipinski definition) is 3. The van der Waals surface area contributed by atoms with Crippen molar-refractivity contribution in [2.24, 2.45) is 0 Å². The largest absolute Gasteiger partial charge is 0.389 e. The van der Waals surface area contributed by atoms with Gasteiger partial charge in [0.05, 0.1) is 11.8 Å². The summed E-state index contributed by atoms with van der Waals surface area (Å²) in [7, 11) is 0. The van der Waals surface area contributed by atoms with Gasteiger partial charge in [0.1, 0.15) is 5.65 Å². The molecule has 4 heteroatoms. The predicted molar refractivity (Wildman–Crippen MR) is 57.8 cm³/mol. The van der Waals surface area contributed by atoms with Crippen LogP contribution in [-0.4, -0.2) is 14.5 Å². The van der Waals surface area contributed by atoms with Gasteiger partial charge in [0.2, 0.25) is 0 Å². The van der Waals surface area contributed by atoms with Crippen molar-refractivity contribution >= 4 is 18.3 Å². The van der Waals surface area contributed by atoms with E-state index in [1.165, 1.54) is 0 Å². The normalized spacial score (nSPS) is 13.4. The summed E-state index contributed by atoms with van der Waals surface area (Å²) in [5.41, 5.74) is 2.55.